The van der Waals surface area contributed by atoms with Crippen molar-refractivity contribution in [1.82, 2.24) is 4.90 Å². The molecule has 5 nitrogen and oxygen atoms in total. The maximum atomic E-state index is 12.1. The summed E-state index contributed by atoms with van der Waals surface area (Å²) in [5.41, 5.74) is 0. The van der Waals surface area contributed by atoms with Crippen molar-refractivity contribution < 1.29 is 48.5 Å². The molecule has 0 bridgehead atoms. The number of hydrogen-bond donors (Lipinski definition) is 0. The molecular weight excluding hydrogens is 389 g/mol. The first kappa shape index (κ1) is 16.1. The summed E-state index contributed by atoms with van der Waals surface area (Å²) >= 11 is 6.25. The Morgan fingerprint density at radius 2 is 1.94 bits per heavy atom. The van der Waals surface area contributed by atoms with E-state index < -0.39 is 42.1 Å². The van der Waals surface area contributed by atoms with Crippen LogP contribution in [0.4, 0.5) is 0 Å². The fraction of sp³-hybridized carbons (Fsp3) is 0.750. The van der Waals surface area contributed by atoms with Crippen molar-refractivity contribution in [3.63, 3.8) is 0 Å². The van der Waals surface area contributed by atoms with Gasteiger partial charge in [-0.3, -0.25) is 9.00 Å². The number of fused-ring (bicyclic) bond motifs is 1. The Hall–Kier alpha value is 1.05. The molecule has 2 aliphatic rings. The van der Waals surface area contributed by atoms with Gasteiger partial charge in [0.2, 0.25) is 0 Å². The van der Waals surface area contributed by atoms with Gasteiger partial charge in [-0.05, 0) is 13.8 Å². The largest absolute Gasteiger partial charge is 1.00 e. The molecule has 2 heterocycles. The number of halogens is 2. The van der Waals surface area contributed by atoms with E-state index in [1.54, 1.807) is 13.8 Å². The quantitative estimate of drug-likeness (QED) is 0.260. The summed E-state index contributed by atoms with van der Waals surface area (Å²) in [6, 6.07) is -1.14. The van der Waals surface area contributed by atoms with Gasteiger partial charge in [0.15, 0.2) is 3.23 Å². The Morgan fingerprint density at radius 1 is 1.47 bits per heavy atom. The molecule has 90 valence electrons. The Labute approximate surface area is 140 Å². The number of nitrogens with zero attached hydrogens (tertiary/aromatic N) is 1. The number of carbonyl (C=O) groups is 2. The number of alkyl halides is 2. The van der Waals surface area contributed by atoms with E-state index in [1.807, 2.05) is 0 Å². The van der Waals surface area contributed by atoms with Gasteiger partial charge in [-0.25, -0.2) is 0 Å². The van der Waals surface area contributed by atoms with Crippen molar-refractivity contribution in [2.75, 3.05) is 0 Å². The number of aliphatic carboxylic acids is 1. The monoisotopic (exact) mass is 395 g/mol. The number of hydrogen-bond acceptors (Lipinski definition) is 4. The molecule has 0 aliphatic carbocycles. The van der Waals surface area contributed by atoms with Crippen LogP contribution in [-0.4, -0.2) is 40.4 Å². The Bertz CT molecular complexity index is 428. The van der Waals surface area contributed by atoms with Crippen molar-refractivity contribution in [2.24, 2.45) is 0 Å². The molecule has 0 N–H and O–H groups in total. The van der Waals surface area contributed by atoms with Crippen LogP contribution in [0.3, 0.4) is 0 Å². The van der Waals surface area contributed by atoms with Crippen molar-refractivity contribution in [1.29, 1.82) is 0 Å². The number of carbonyl (C=O) groups excluding carboxylic acids is 2. The summed E-state index contributed by atoms with van der Waals surface area (Å²) in [5.74, 6) is -1.80. The van der Waals surface area contributed by atoms with Crippen molar-refractivity contribution >= 4 is 54.5 Å². The molecule has 2 fully saturated rings. The van der Waals surface area contributed by atoms with Crippen LogP contribution in [-0.2, 0) is 20.4 Å². The first-order valence-electron chi connectivity index (χ1n) is 4.45. The number of carboxylic acids is 1. The van der Waals surface area contributed by atoms with Crippen LogP contribution in [0.1, 0.15) is 13.8 Å². The molecule has 0 aromatic carbocycles. The topological polar surface area (TPSA) is 77.5 Å². The third-order valence-corrected chi connectivity index (χ3v) is 7.36. The minimum Gasteiger partial charge on any atom is -0.548 e. The van der Waals surface area contributed by atoms with Gasteiger partial charge in [0.05, 0.1) is 27.6 Å². The Kier molecular flexibility index (Phi) is 4.32. The average Bonchev–Trinajstić information content (AvgIpc) is 2.33. The van der Waals surface area contributed by atoms with Gasteiger partial charge in [-0.2, -0.15) is 0 Å². The number of rotatable bonds is 1. The molecular formula is C8H8Br2NNaO4S. The molecule has 1 amide bonds. The SMILES string of the molecule is CC1(C)C(C(=O)[O-])N2C(=O)C(Br)(Br)[C@H]2S1=O.[Na+]. The van der Waals surface area contributed by atoms with Crippen LogP contribution in [0, 0.1) is 0 Å². The average molecular weight is 397 g/mol. The zero-order chi connectivity index (χ0) is 12.5. The summed E-state index contributed by atoms with van der Waals surface area (Å²) in [7, 11) is -1.47. The predicted molar refractivity (Wildman–Crippen MR) is 62.2 cm³/mol. The first-order chi connectivity index (χ1) is 7.13. The molecule has 0 aromatic heterocycles. The summed E-state index contributed by atoms with van der Waals surface area (Å²) in [4.78, 5) is 23.9. The molecule has 0 spiro atoms. The van der Waals surface area contributed by atoms with Crippen molar-refractivity contribution in [2.45, 2.75) is 33.2 Å². The normalized spacial score (nSPS) is 36.8. The standard InChI is InChI=1S/C8H9Br2NO4S.Na/c1-7(2)3(4(12)13)11-5(14)8(9,10)6(11)16(7)15;/h3,6H,1-2H3,(H,12,13);/q;+1/p-1/t3?,6-,16?;/m1./s1. The Morgan fingerprint density at radius 3 is 2.35 bits per heavy atom. The van der Waals surface area contributed by atoms with Crippen LogP contribution < -0.4 is 34.7 Å². The molecule has 0 saturated carbocycles. The van der Waals surface area contributed by atoms with Gasteiger partial charge in [-0.1, -0.05) is 31.9 Å². The van der Waals surface area contributed by atoms with Crippen LogP contribution in [0.15, 0.2) is 0 Å². The second-order valence-corrected chi connectivity index (χ2v) is 9.97. The maximum Gasteiger partial charge on any atom is 1.00 e. The summed E-state index contributed by atoms with van der Waals surface area (Å²) < 4.78 is 10.0. The molecule has 9 heteroatoms. The van der Waals surface area contributed by atoms with Crippen LogP contribution in [0.5, 0.6) is 0 Å². The van der Waals surface area contributed by atoms with E-state index in [0.717, 1.165) is 4.90 Å². The van der Waals surface area contributed by atoms with Crippen molar-refractivity contribution in [3.8, 4) is 0 Å². The second kappa shape index (κ2) is 4.56. The van der Waals surface area contributed by atoms with Crippen LogP contribution in [0.2, 0.25) is 0 Å². The molecule has 0 aromatic rings. The van der Waals surface area contributed by atoms with E-state index in [4.69, 9.17) is 0 Å². The van der Waals surface area contributed by atoms with Gasteiger partial charge >= 0.3 is 29.6 Å². The van der Waals surface area contributed by atoms with Crippen LogP contribution in [0.25, 0.3) is 0 Å². The Balaban J connectivity index is 0.00000144. The zero-order valence-corrected chi connectivity index (χ0v) is 15.4. The molecule has 2 unspecified atom stereocenters. The smallest absolute Gasteiger partial charge is 0.548 e. The zero-order valence-electron chi connectivity index (χ0n) is 9.40. The number of β-lactam (4-membered cyclic amide) rings is 1. The fourth-order valence-corrected chi connectivity index (χ4v) is 5.78. The minimum atomic E-state index is -1.47. The molecule has 3 atom stereocenters. The van der Waals surface area contributed by atoms with E-state index in [2.05, 4.69) is 31.9 Å². The van der Waals surface area contributed by atoms with E-state index in [-0.39, 0.29) is 29.6 Å². The summed E-state index contributed by atoms with van der Waals surface area (Å²) in [5, 5.41) is 10.4. The maximum absolute atomic E-state index is 12.1. The van der Waals surface area contributed by atoms with Crippen LogP contribution >= 0.6 is 31.9 Å². The summed E-state index contributed by atoms with van der Waals surface area (Å²) in [6.45, 7) is 3.12. The third-order valence-electron chi connectivity index (χ3n) is 2.96. The van der Waals surface area contributed by atoms with E-state index in [9.17, 15) is 18.9 Å². The number of amides is 1. The number of carboxylic acid groups (broad SMARTS) is 1. The van der Waals surface area contributed by atoms with Gasteiger partial charge in [-0.15, -0.1) is 0 Å². The van der Waals surface area contributed by atoms with E-state index >= 15 is 0 Å². The second-order valence-electron chi connectivity index (χ2n) is 4.31. The summed E-state index contributed by atoms with van der Waals surface area (Å²) in [6.07, 6.45) is 0. The fourth-order valence-electron chi connectivity index (χ4n) is 2.11. The van der Waals surface area contributed by atoms with Gasteiger partial charge in [0, 0.05) is 0 Å². The molecule has 2 rings (SSSR count). The minimum absolute atomic E-state index is 0. The van der Waals surface area contributed by atoms with Gasteiger partial charge in [0.1, 0.15) is 5.37 Å². The third kappa shape index (κ3) is 1.90. The first-order valence-corrected chi connectivity index (χ1v) is 7.25. The van der Waals surface area contributed by atoms with E-state index in [1.165, 1.54) is 0 Å². The van der Waals surface area contributed by atoms with Crippen molar-refractivity contribution in [3.05, 3.63) is 0 Å². The molecule has 17 heavy (non-hydrogen) atoms. The molecule has 0 radical (unpaired) electrons. The van der Waals surface area contributed by atoms with E-state index in [0.29, 0.717) is 0 Å². The van der Waals surface area contributed by atoms with Gasteiger partial charge in [0.25, 0.3) is 5.91 Å². The van der Waals surface area contributed by atoms with Gasteiger partial charge < -0.3 is 14.8 Å². The predicted octanol–water partition coefficient (Wildman–Crippen LogP) is -3.70. The molecule has 2 saturated heterocycles. The molecule has 2 aliphatic heterocycles.